The molecule has 0 atom stereocenters. The van der Waals surface area contributed by atoms with Crippen LogP contribution >= 0.6 is 0 Å². The first kappa shape index (κ1) is 26.2. The zero-order valence-corrected chi connectivity index (χ0v) is 19.6. The lowest BCUT2D eigenvalue weighted by Crippen LogP contribution is -2.39. The highest BCUT2D eigenvalue weighted by atomic mass is 19.4. The van der Waals surface area contributed by atoms with Crippen LogP contribution in [0.15, 0.2) is 54.1 Å². The van der Waals surface area contributed by atoms with Crippen molar-refractivity contribution >= 4 is 17.9 Å². The number of ether oxygens (including phenoxy) is 4. The maximum atomic E-state index is 12.8. The Kier molecular flexibility index (Phi) is 8.27. The number of carbonyl (C=O) groups excluding carboxylic acids is 2. The van der Waals surface area contributed by atoms with E-state index in [9.17, 15) is 22.8 Å². The Morgan fingerprint density at radius 3 is 2.19 bits per heavy atom. The van der Waals surface area contributed by atoms with Gasteiger partial charge in [0.15, 0.2) is 11.5 Å². The number of imide groups is 1. The van der Waals surface area contributed by atoms with E-state index in [1.165, 1.54) is 45.6 Å². The predicted octanol–water partition coefficient (Wildman–Crippen LogP) is 4.36. The van der Waals surface area contributed by atoms with Crippen molar-refractivity contribution in [2.24, 2.45) is 0 Å². The summed E-state index contributed by atoms with van der Waals surface area (Å²) in [6, 6.07) is 8.24. The van der Waals surface area contributed by atoms with Gasteiger partial charge in [-0.25, -0.2) is 0 Å². The van der Waals surface area contributed by atoms with Crippen LogP contribution in [0.5, 0.6) is 23.0 Å². The van der Waals surface area contributed by atoms with E-state index in [0.29, 0.717) is 34.8 Å². The Morgan fingerprint density at radius 2 is 1.64 bits per heavy atom. The van der Waals surface area contributed by atoms with Crippen LogP contribution in [0.2, 0.25) is 0 Å². The van der Waals surface area contributed by atoms with E-state index in [1.54, 1.807) is 18.2 Å². The van der Waals surface area contributed by atoms with Crippen LogP contribution in [0.4, 0.5) is 13.2 Å². The number of carbonyl (C=O) groups is 2. The molecule has 0 unspecified atom stereocenters. The van der Waals surface area contributed by atoms with Crippen LogP contribution in [-0.2, 0) is 9.59 Å². The molecule has 0 fully saturated rings. The third-order valence-corrected chi connectivity index (χ3v) is 4.98. The predicted molar refractivity (Wildman–Crippen MR) is 125 cm³/mol. The van der Waals surface area contributed by atoms with Crippen molar-refractivity contribution in [3.63, 3.8) is 0 Å². The van der Waals surface area contributed by atoms with E-state index >= 15 is 0 Å². The molecule has 2 amide bonds. The Balaban J connectivity index is 1.71. The summed E-state index contributed by atoms with van der Waals surface area (Å²) in [5.41, 5.74) is 1.09. The first-order chi connectivity index (χ1) is 17.1. The zero-order chi connectivity index (χ0) is 26.3. The first-order valence-electron chi connectivity index (χ1n) is 10.6. The van der Waals surface area contributed by atoms with E-state index in [1.807, 2.05) is 0 Å². The molecule has 0 radical (unpaired) electrons. The molecule has 3 rings (SSSR count). The van der Waals surface area contributed by atoms with Gasteiger partial charge in [0.1, 0.15) is 5.75 Å². The smallest absolute Gasteiger partial charge is 0.493 e. The highest BCUT2D eigenvalue weighted by Gasteiger charge is 2.31. The second-order valence-electron chi connectivity index (χ2n) is 7.32. The summed E-state index contributed by atoms with van der Waals surface area (Å²) in [5, 5.41) is 0. The molecule has 0 aliphatic carbocycles. The Labute approximate surface area is 205 Å². The highest BCUT2D eigenvalue weighted by molar-refractivity contribution is 6.11. The fraction of sp³-hybridized carbons (Fsp3) is 0.231. The van der Waals surface area contributed by atoms with Crippen molar-refractivity contribution in [2.75, 3.05) is 27.9 Å². The molecule has 0 saturated heterocycles. The molecule has 7 nitrogen and oxygen atoms in total. The normalized spacial score (nSPS) is 13.6. The van der Waals surface area contributed by atoms with Crippen LogP contribution in [-0.4, -0.2) is 51.0 Å². The number of amides is 2. The lowest BCUT2D eigenvalue weighted by atomic mass is 10.1. The number of methoxy groups -OCH3 is 3. The summed E-state index contributed by atoms with van der Waals surface area (Å²) in [6.45, 7) is 0.186. The van der Waals surface area contributed by atoms with Crippen LogP contribution in [0.1, 0.15) is 17.5 Å². The van der Waals surface area contributed by atoms with Crippen LogP contribution in [0.3, 0.4) is 0 Å². The van der Waals surface area contributed by atoms with Crippen molar-refractivity contribution < 1.29 is 41.7 Å². The fourth-order valence-electron chi connectivity index (χ4n) is 3.32. The molecule has 1 aliphatic rings. The van der Waals surface area contributed by atoms with Gasteiger partial charge in [-0.3, -0.25) is 14.5 Å². The molecule has 0 bridgehead atoms. The van der Waals surface area contributed by atoms with Gasteiger partial charge in [0.2, 0.25) is 5.75 Å². The molecule has 0 spiro atoms. The number of halogens is 3. The number of hydrogen-bond donors (Lipinski definition) is 0. The minimum atomic E-state index is -4.79. The summed E-state index contributed by atoms with van der Waals surface area (Å²) in [6.07, 6.45) is 0.0200. The van der Waals surface area contributed by atoms with E-state index in [0.717, 1.165) is 17.0 Å². The molecule has 0 saturated carbocycles. The Morgan fingerprint density at radius 1 is 1.00 bits per heavy atom. The van der Waals surface area contributed by atoms with E-state index in [-0.39, 0.29) is 17.9 Å². The van der Waals surface area contributed by atoms with Crippen LogP contribution < -0.4 is 18.9 Å². The highest BCUT2D eigenvalue weighted by Crippen LogP contribution is 2.38. The average Bonchev–Trinajstić information content (AvgIpc) is 2.85. The first-order valence-corrected chi connectivity index (χ1v) is 10.6. The maximum absolute atomic E-state index is 12.8. The minimum absolute atomic E-state index is 0.117. The number of benzene rings is 2. The Bertz CT molecular complexity index is 1230. The van der Waals surface area contributed by atoms with E-state index in [4.69, 9.17) is 14.2 Å². The number of rotatable bonds is 6. The molecule has 0 N–H and O–H groups in total. The fourth-order valence-corrected chi connectivity index (χ4v) is 3.32. The molecule has 1 aliphatic heterocycles. The Hall–Kier alpha value is -4.39. The summed E-state index contributed by atoms with van der Waals surface area (Å²) < 4.78 is 56.5. The summed E-state index contributed by atoms with van der Waals surface area (Å²) >= 11 is 0. The second kappa shape index (κ2) is 11.4. The van der Waals surface area contributed by atoms with Gasteiger partial charge < -0.3 is 18.9 Å². The molecule has 2 aromatic rings. The molecule has 2 aromatic carbocycles. The lowest BCUT2D eigenvalue weighted by molar-refractivity contribution is -0.274. The van der Waals surface area contributed by atoms with Crippen LogP contribution in [0.25, 0.3) is 6.08 Å². The topological polar surface area (TPSA) is 74.3 Å². The summed E-state index contributed by atoms with van der Waals surface area (Å²) in [5.74, 6) is 5.17. The SMILES string of the molecule is COc1cc(C=CC(=O)N2CCC=C(C#Cc3ccc(OC(F)(F)F)cc3)C2=O)cc(OC)c1OC. The van der Waals surface area contributed by atoms with Gasteiger partial charge >= 0.3 is 6.36 Å². The largest absolute Gasteiger partial charge is 0.573 e. The van der Waals surface area contributed by atoms with Crippen molar-refractivity contribution in [1.82, 2.24) is 4.90 Å². The van der Waals surface area contributed by atoms with Gasteiger partial charge in [-0.05, 0) is 54.5 Å². The molecular formula is C26H22F3NO6. The molecule has 0 aromatic heterocycles. The second-order valence-corrected chi connectivity index (χ2v) is 7.32. The minimum Gasteiger partial charge on any atom is -0.493 e. The molecule has 188 valence electrons. The third kappa shape index (κ3) is 6.60. The quantitative estimate of drug-likeness (QED) is 0.433. The van der Waals surface area contributed by atoms with Gasteiger partial charge in [0, 0.05) is 18.2 Å². The van der Waals surface area contributed by atoms with Crippen LogP contribution in [0, 0.1) is 11.8 Å². The summed E-state index contributed by atoms with van der Waals surface area (Å²) in [7, 11) is 4.43. The van der Waals surface area contributed by atoms with Gasteiger partial charge in [0.05, 0.1) is 26.9 Å². The lowest BCUT2D eigenvalue weighted by Gasteiger charge is -2.22. The number of nitrogens with zero attached hydrogens (tertiary/aromatic N) is 1. The molecular weight excluding hydrogens is 479 g/mol. The molecule has 1 heterocycles. The van der Waals surface area contributed by atoms with Gasteiger partial charge in [-0.1, -0.05) is 17.9 Å². The van der Waals surface area contributed by atoms with Crippen molar-refractivity contribution in [3.05, 3.63) is 65.3 Å². The maximum Gasteiger partial charge on any atom is 0.573 e. The number of hydrogen-bond acceptors (Lipinski definition) is 6. The average molecular weight is 501 g/mol. The number of alkyl halides is 3. The molecule has 10 heteroatoms. The van der Waals surface area contributed by atoms with Gasteiger partial charge in [-0.2, -0.15) is 0 Å². The van der Waals surface area contributed by atoms with Crippen molar-refractivity contribution in [2.45, 2.75) is 12.8 Å². The molecule has 36 heavy (non-hydrogen) atoms. The third-order valence-electron chi connectivity index (χ3n) is 4.98. The van der Waals surface area contributed by atoms with E-state index in [2.05, 4.69) is 16.6 Å². The van der Waals surface area contributed by atoms with Crippen molar-refractivity contribution in [3.8, 4) is 34.8 Å². The van der Waals surface area contributed by atoms with Crippen molar-refractivity contribution in [1.29, 1.82) is 0 Å². The standard InChI is InChI=1S/C26H22F3NO6/c1-33-21-15-18(16-22(34-2)24(21)35-3)9-13-23(31)30-14-4-5-19(25(30)32)10-6-17-7-11-20(12-8-17)36-26(27,28)29/h5,7-9,11-13,15-16H,4,14H2,1-3H3. The van der Waals surface area contributed by atoms with Gasteiger partial charge in [0.25, 0.3) is 11.8 Å². The zero-order valence-electron chi connectivity index (χ0n) is 19.6. The summed E-state index contributed by atoms with van der Waals surface area (Å²) in [4.78, 5) is 26.6. The monoisotopic (exact) mass is 501 g/mol. The van der Waals surface area contributed by atoms with E-state index < -0.39 is 18.2 Å². The van der Waals surface area contributed by atoms with Gasteiger partial charge in [-0.15, -0.1) is 13.2 Å².